The number of nitrogens with zero attached hydrogens (tertiary/aromatic N) is 5. The van der Waals surface area contributed by atoms with Crippen molar-refractivity contribution in [2.45, 2.75) is 56.5 Å². The van der Waals surface area contributed by atoms with E-state index in [-0.39, 0.29) is 23.8 Å². The molecule has 1 saturated heterocycles. The van der Waals surface area contributed by atoms with Crippen molar-refractivity contribution in [3.05, 3.63) is 44.5 Å². The fourth-order valence-electron chi connectivity index (χ4n) is 3.46. The van der Waals surface area contributed by atoms with Crippen molar-refractivity contribution in [1.29, 1.82) is 0 Å². The Hall–Kier alpha value is -1.99. The average Bonchev–Trinajstić information content (AvgIpc) is 3.39. The number of aliphatic hydroxyl groups excluding tert-OH is 2. The van der Waals surface area contributed by atoms with Crippen LogP contribution >= 0.6 is 11.8 Å². The van der Waals surface area contributed by atoms with Gasteiger partial charge in [0.15, 0.2) is 0 Å². The van der Waals surface area contributed by atoms with Crippen molar-refractivity contribution in [1.82, 2.24) is 24.1 Å². The Morgan fingerprint density at radius 3 is 2.62 bits per heavy atom. The van der Waals surface area contributed by atoms with Crippen LogP contribution in [-0.4, -0.2) is 78.7 Å². The number of hydrogen-bond donors (Lipinski definition) is 2. The van der Waals surface area contributed by atoms with E-state index in [1.807, 2.05) is 6.92 Å². The molecule has 178 valence electrons. The van der Waals surface area contributed by atoms with Gasteiger partial charge in [-0.1, -0.05) is 12.1 Å². The Morgan fingerprint density at radius 2 is 1.94 bits per heavy atom. The zero-order valence-corrected chi connectivity index (χ0v) is 19.2. The molecule has 0 radical (unpaired) electrons. The van der Waals surface area contributed by atoms with Gasteiger partial charge in [-0.25, -0.2) is 9.48 Å². The van der Waals surface area contributed by atoms with Crippen molar-refractivity contribution in [2.24, 2.45) is 0 Å². The van der Waals surface area contributed by atoms with Crippen molar-refractivity contribution < 1.29 is 19.7 Å². The minimum atomic E-state index is -0.706. The van der Waals surface area contributed by atoms with Gasteiger partial charge in [0, 0.05) is 24.8 Å². The Balaban J connectivity index is 1.65. The van der Waals surface area contributed by atoms with Gasteiger partial charge in [0.1, 0.15) is 5.69 Å². The van der Waals surface area contributed by atoms with Crippen LogP contribution in [0.4, 0.5) is 0 Å². The number of hydrogen-bond acceptors (Lipinski definition) is 9. The zero-order chi connectivity index (χ0) is 23.1. The fourth-order valence-corrected chi connectivity index (χ4v) is 4.83. The number of ether oxygens (including phenoxy) is 2. The minimum absolute atomic E-state index is 0.00553. The molecule has 12 heteroatoms. The predicted octanol–water partition coefficient (Wildman–Crippen LogP) is -0.241. The summed E-state index contributed by atoms with van der Waals surface area (Å²) in [5, 5.41) is 26.9. The van der Waals surface area contributed by atoms with E-state index in [4.69, 9.17) is 9.47 Å². The van der Waals surface area contributed by atoms with Gasteiger partial charge in [0.2, 0.25) is 0 Å². The topological polar surface area (TPSA) is 134 Å². The SMILES string of the molecule is CCCOCCOCCn1cc(Cn2c(=O)c(C)cn(C3CC(O)C(CO)S3)c2=O)nn1. The van der Waals surface area contributed by atoms with E-state index >= 15 is 0 Å². The van der Waals surface area contributed by atoms with Crippen molar-refractivity contribution in [3.63, 3.8) is 0 Å². The lowest BCUT2D eigenvalue weighted by Crippen LogP contribution is -2.41. The first kappa shape index (κ1) is 24.6. The molecule has 1 aliphatic heterocycles. The van der Waals surface area contributed by atoms with E-state index in [9.17, 15) is 19.8 Å². The van der Waals surface area contributed by atoms with Gasteiger partial charge in [-0.3, -0.25) is 13.9 Å². The maximum Gasteiger partial charge on any atom is 0.332 e. The summed E-state index contributed by atoms with van der Waals surface area (Å²) < 4.78 is 15.0. The number of thioether (sulfide) groups is 1. The second kappa shape index (κ2) is 11.8. The molecule has 0 spiro atoms. The smallest absolute Gasteiger partial charge is 0.332 e. The van der Waals surface area contributed by atoms with Crippen LogP contribution in [0.2, 0.25) is 0 Å². The Kier molecular flexibility index (Phi) is 9.05. The summed E-state index contributed by atoms with van der Waals surface area (Å²) >= 11 is 1.33. The minimum Gasteiger partial charge on any atom is -0.395 e. The van der Waals surface area contributed by atoms with Gasteiger partial charge in [-0.2, -0.15) is 0 Å². The van der Waals surface area contributed by atoms with Crippen LogP contribution in [0.3, 0.4) is 0 Å². The zero-order valence-electron chi connectivity index (χ0n) is 18.4. The normalized spacial score (nSPS) is 20.8. The Bertz CT molecular complexity index is 990. The first-order valence-electron chi connectivity index (χ1n) is 10.8. The summed E-state index contributed by atoms with van der Waals surface area (Å²) in [6, 6.07) is 0. The summed E-state index contributed by atoms with van der Waals surface area (Å²) in [5.41, 5.74) is 0.0329. The van der Waals surface area contributed by atoms with Crippen LogP contribution in [0.15, 0.2) is 22.0 Å². The highest BCUT2D eigenvalue weighted by Gasteiger charge is 2.35. The number of aliphatic hydroxyl groups is 2. The van der Waals surface area contributed by atoms with E-state index in [0.717, 1.165) is 17.6 Å². The molecule has 0 saturated carbocycles. The van der Waals surface area contributed by atoms with Gasteiger partial charge in [0.05, 0.1) is 62.4 Å². The van der Waals surface area contributed by atoms with Crippen LogP contribution in [0.1, 0.15) is 36.4 Å². The van der Waals surface area contributed by atoms with E-state index in [0.29, 0.717) is 44.0 Å². The first-order valence-corrected chi connectivity index (χ1v) is 11.7. The molecule has 3 heterocycles. The molecule has 0 aliphatic carbocycles. The quantitative estimate of drug-likeness (QED) is 0.404. The molecule has 11 nitrogen and oxygen atoms in total. The van der Waals surface area contributed by atoms with Crippen LogP contribution < -0.4 is 11.2 Å². The van der Waals surface area contributed by atoms with Crippen LogP contribution in [-0.2, 0) is 22.6 Å². The van der Waals surface area contributed by atoms with Gasteiger partial charge in [-0.05, 0) is 13.3 Å². The van der Waals surface area contributed by atoms with E-state index < -0.39 is 17.4 Å². The molecular weight excluding hydrogens is 438 g/mol. The monoisotopic (exact) mass is 469 g/mol. The van der Waals surface area contributed by atoms with Crippen LogP contribution in [0.25, 0.3) is 0 Å². The number of aryl methyl sites for hydroxylation is 1. The Labute approximate surface area is 190 Å². The second-order valence-corrected chi connectivity index (χ2v) is 9.13. The molecule has 0 amide bonds. The molecule has 1 aliphatic rings. The lowest BCUT2D eigenvalue weighted by molar-refractivity contribution is 0.0441. The summed E-state index contributed by atoms with van der Waals surface area (Å²) in [4.78, 5) is 25.7. The summed E-state index contributed by atoms with van der Waals surface area (Å²) in [6.07, 6.45) is 3.80. The molecule has 2 aromatic rings. The molecule has 3 atom stereocenters. The highest BCUT2D eigenvalue weighted by atomic mass is 32.2. The summed E-state index contributed by atoms with van der Waals surface area (Å²) in [6.45, 7) is 6.23. The third-order valence-corrected chi connectivity index (χ3v) is 6.70. The lowest BCUT2D eigenvalue weighted by atomic mass is 10.2. The molecule has 3 unspecified atom stereocenters. The summed E-state index contributed by atoms with van der Waals surface area (Å²) in [5.74, 6) is 0. The van der Waals surface area contributed by atoms with E-state index in [2.05, 4.69) is 10.3 Å². The largest absolute Gasteiger partial charge is 0.395 e. The maximum absolute atomic E-state index is 13.0. The van der Waals surface area contributed by atoms with Crippen LogP contribution in [0, 0.1) is 6.92 Å². The molecular formula is C20H31N5O6S. The molecule has 2 N–H and O–H groups in total. The average molecular weight is 470 g/mol. The predicted molar refractivity (Wildman–Crippen MR) is 119 cm³/mol. The first-order chi connectivity index (χ1) is 15.4. The second-order valence-electron chi connectivity index (χ2n) is 7.71. The highest BCUT2D eigenvalue weighted by molar-refractivity contribution is 8.00. The fraction of sp³-hybridized carbons (Fsp3) is 0.700. The summed E-state index contributed by atoms with van der Waals surface area (Å²) in [7, 11) is 0. The standard InChI is InChI=1S/C20H31N5O6S/c1-3-5-30-7-8-31-6-4-23-11-15(21-22-23)12-25-19(28)14(2)10-24(20(25)29)18-9-16(27)17(13-26)32-18/h10-11,16-18,26-27H,3-9,12-13H2,1-2H3. The molecule has 3 rings (SSSR count). The molecule has 32 heavy (non-hydrogen) atoms. The highest BCUT2D eigenvalue weighted by Crippen LogP contribution is 2.40. The van der Waals surface area contributed by atoms with Gasteiger partial charge in [0.25, 0.3) is 5.56 Å². The van der Waals surface area contributed by atoms with Crippen LogP contribution in [0.5, 0.6) is 0 Å². The van der Waals surface area contributed by atoms with Crippen molar-refractivity contribution in [3.8, 4) is 0 Å². The van der Waals surface area contributed by atoms with Gasteiger partial charge in [-0.15, -0.1) is 16.9 Å². The van der Waals surface area contributed by atoms with Crippen molar-refractivity contribution >= 4 is 11.8 Å². The number of rotatable bonds is 12. The maximum atomic E-state index is 13.0. The van der Waals surface area contributed by atoms with Gasteiger partial charge >= 0.3 is 5.69 Å². The third kappa shape index (κ3) is 6.07. The van der Waals surface area contributed by atoms with E-state index in [1.54, 1.807) is 17.8 Å². The number of aromatic nitrogens is 5. The molecule has 1 fully saturated rings. The Morgan fingerprint density at radius 1 is 1.19 bits per heavy atom. The molecule has 0 aromatic carbocycles. The van der Waals surface area contributed by atoms with E-state index in [1.165, 1.54) is 22.5 Å². The molecule has 0 bridgehead atoms. The van der Waals surface area contributed by atoms with Gasteiger partial charge < -0.3 is 19.7 Å². The third-order valence-electron chi connectivity index (χ3n) is 5.15. The molecule has 2 aromatic heterocycles. The lowest BCUT2D eigenvalue weighted by Gasteiger charge is -2.16. The van der Waals surface area contributed by atoms with Crippen molar-refractivity contribution in [2.75, 3.05) is 33.0 Å².